The number of carbonyl (C=O) groups is 2. The van der Waals surface area contributed by atoms with Gasteiger partial charge in [0, 0.05) is 61.8 Å². The van der Waals surface area contributed by atoms with Crippen molar-refractivity contribution in [2.75, 3.05) is 45.9 Å². The number of aromatic nitrogens is 1. The molecule has 51 heavy (non-hydrogen) atoms. The Balaban J connectivity index is 1.46. The number of nitrogens with zero attached hydrogens (tertiary/aromatic N) is 4. The number of carbonyl (C=O) groups excluding carboxylic acids is 2. The molecule has 8 nitrogen and oxygen atoms in total. The number of halogens is 7. The number of thiophene rings is 1. The number of piperidine rings is 1. The summed E-state index contributed by atoms with van der Waals surface area (Å²) in [6, 6.07) is 6.48. The molecule has 2 aromatic heterocycles. The topological polar surface area (TPSA) is 75.2 Å². The van der Waals surface area contributed by atoms with Crippen molar-refractivity contribution in [3.63, 3.8) is 0 Å². The molecular formula is C35H37ClF6N4O4S. The van der Waals surface area contributed by atoms with Gasteiger partial charge in [0.1, 0.15) is 16.3 Å². The van der Waals surface area contributed by atoms with Crippen molar-refractivity contribution in [2.45, 2.75) is 69.1 Å². The second-order valence-corrected chi connectivity index (χ2v) is 14.3. The molecule has 3 aromatic rings. The number of likely N-dealkylation sites (tertiary alicyclic amines) is 1. The highest BCUT2D eigenvalue weighted by molar-refractivity contribution is 7.10. The fraction of sp³-hybridized carbons (Fsp3) is 0.514. The second-order valence-electron chi connectivity index (χ2n) is 13.0. The van der Waals surface area contributed by atoms with Crippen LogP contribution in [0.2, 0.25) is 5.02 Å². The van der Waals surface area contributed by atoms with Gasteiger partial charge >= 0.3 is 12.4 Å². The van der Waals surface area contributed by atoms with Crippen molar-refractivity contribution in [1.82, 2.24) is 19.7 Å². The fourth-order valence-corrected chi connectivity index (χ4v) is 8.34. The maximum atomic E-state index is 15.4. The van der Waals surface area contributed by atoms with E-state index >= 15 is 4.79 Å². The molecule has 0 N–H and O–H groups in total. The molecule has 0 radical (unpaired) electrons. The lowest BCUT2D eigenvalue weighted by Gasteiger charge is -2.52. The maximum Gasteiger partial charge on any atom is 0.425 e. The Bertz CT molecular complexity index is 1730. The highest BCUT2D eigenvalue weighted by Crippen LogP contribution is 2.44. The number of fused-ring (bicyclic) bond motifs is 1. The molecule has 2 saturated heterocycles. The summed E-state index contributed by atoms with van der Waals surface area (Å²) in [6.07, 6.45) is -7.38. The molecule has 3 aliphatic rings. The quantitative estimate of drug-likeness (QED) is 0.222. The number of hydrogen-bond donors (Lipinski definition) is 0. The number of pyridine rings is 1. The Morgan fingerprint density at radius 2 is 1.80 bits per heavy atom. The molecular weight excluding hydrogens is 722 g/mol. The van der Waals surface area contributed by atoms with Crippen LogP contribution in [0.4, 0.5) is 26.3 Å². The Labute approximate surface area is 300 Å². The second kappa shape index (κ2) is 14.9. The molecule has 3 aliphatic heterocycles. The average molecular weight is 759 g/mol. The first-order valence-corrected chi connectivity index (χ1v) is 18.1. The first kappa shape index (κ1) is 37.4. The number of amides is 2. The van der Waals surface area contributed by atoms with Gasteiger partial charge in [-0.1, -0.05) is 31.0 Å². The maximum absolute atomic E-state index is 15.4. The lowest BCUT2D eigenvalue weighted by atomic mass is 9.78. The summed E-state index contributed by atoms with van der Waals surface area (Å²) < 4.78 is 95.6. The molecule has 2 fully saturated rings. The van der Waals surface area contributed by atoms with E-state index in [2.05, 4.69) is 9.88 Å². The minimum atomic E-state index is -4.89. The summed E-state index contributed by atoms with van der Waals surface area (Å²) in [4.78, 5) is 37.5. The van der Waals surface area contributed by atoms with Crippen molar-refractivity contribution in [2.24, 2.45) is 0 Å². The van der Waals surface area contributed by atoms with E-state index in [4.69, 9.17) is 21.1 Å². The van der Waals surface area contributed by atoms with Crippen molar-refractivity contribution in [3.8, 4) is 5.75 Å². The third kappa shape index (κ3) is 7.72. The third-order valence-electron chi connectivity index (χ3n) is 9.78. The zero-order valence-corrected chi connectivity index (χ0v) is 29.3. The molecule has 3 atom stereocenters. The fourth-order valence-electron chi connectivity index (χ4n) is 7.47. The molecule has 16 heteroatoms. The molecule has 0 saturated carbocycles. The van der Waals surface area contributed by atoms with Gasteiger partial charge in [-0.3, -0.25) is 19.5 Å². The molecule has 2 amide bonds. The molecule has 6 rings (SSSR count). The lowest BCUT2D eigenvalue weighted by Crippen LogP contribution is -2.69. The Hall–Kier alpha value is -3.40. The summed E-state index contributed by atoms with van der Waals surface area (Å²) in [5.74, 6) is -1.79. The van der Waals surface area contributed by atoms with Crippen molar-refractivity contribution >= 4 is 34.8 Å². The van der Waals surface area contributed by atoms with Crippen LogP contribution in [0.25, 0.3) is 0 Å². The van der Waals surface area contributed by atoms with E-state index in [0.717, 1.165) is 35.5 Å². The average Bonchev–Trinajstić information content (AvgIpc) is 3.58. The first-order chi connectivity index (χ1) is 24.2. The van der Waals surface area contributed by atoms with Gasteiger partial charge in [-0.05, 0) is 54.7 Å². The van der Waals surface area contributed by atoms with E-state index < -0.39 is 58.0 Å². The van der Waals surface area contributed by atoms with Crippen LogP contribution in [0.5, 0.6) is 5.75 Å². The van der Waals surface area contributed by atoms with Crippen LogP contribution in [-0.2, 0) is 28.3 Å². The number of ether oxygens (including phenoxy) is 2. The monoisotopic (exact) mass is 758 g/mol. The number of morpholine rings is 1. The van der Waals surface area contributed by atoms with Crippen LogP contribution in [0.1, 0.15) is 70.7 Å². The van der Waals surface area contributed by atoms with Crippen molar-refractivity contribution in [1.29, 1.82) is 0 Å². The smallest absolute Gasteiger partial charge is 0.425 e. The zero-order valence-electron chi connectivity index (χ0n) is 27.7. The summed E-state index contributed by atoms with van der Waals surface area (Å²) in [7, 11) is 0. The van der Waals surface area contributed by atoms with E-state index in [1.807, 2.05) is 12.1 Å². The molecule has 1 unspecified atom stereocenters. The summed E-state index contributed by atoms with van der Waals surface area (Å²) in [6.45, 7) is 4.66. The predicted octanol–water partition coefficient (Wildman–Crippen LogP) is 7.51. The molecule has 1 aromatic carbocycles. The Kier molecular flexibility index (Phi) is 10.9. The first-order valence-electron chi connectivity index (χ1n) is 16.8. The van der Waals surface area contributed by atoms with Gasteiger partial charge in [-0.2, -0.15) is 26.3 Å². The van der Waals surface area contributed by atoms with Gasteiger partial charge in [0.25, 0.3) is 11.8 Å². The van der Waals surface area contributed by atoms with Gasteiger partial charge in [-0.25, -0.2) is 0 Å². The largest absolute Gasteiger partial charge is 0.474 e. The van der Waals surface area contributed by atoms with Crippen LogP contribution in [0.3, 0.4) is 0 Å². The molecule has 0 aliphatic carbocycles. The Morgan fingerprint density at radius 3 is 2.49 bits per heavy atom. The normalized spacial score (nSPS) is 23.2. The van der Waals surface area contributed by atoms with Crippen LogP contribution in [-0.4, -0.2) is 89.1 Å². The summed E-state index contributed by atoms with van der Waals surface area (Å²) in [5.41, 5.74) is -2.17. The molecule has 5 heterocycles. The minimum Gasteiger partial charge on any atom is -0.474 e. The predicted molar refractivity (Wildman–Crippen MR) is 178 cm³/mol. The number of benzene rings is 1. The zero-order chi connectivity index (χ0) is 36.6. The van der Waals surface area contributed by atoms with E-state index in [-0.39, 0.29) is 38.1 Å². The highest BCUT2D eigenvalue weighted by atomic mass is 35.5. The number of alkyl halides is 6. The standard InChI is InChI=1S/C35H37ClF6N4O4S/c1-2-5-28-33(50-24-19-29(51-21-24)35(40,41)42,10-4-12-46(28)31(47)30-26(34(37,38)39)6-3-11-43-30)32(48)45-13-9-22-18-23(36)7-8-25(22)27(45)20-44-14-16-49-17-15-44/h3,6-8,11,18-19,21,27-28H,2,4-5,9-10,12-17,20H2,1H3/t27?,28-,33+/m1/s1. The molecule has 0 spiro atoms. The summed E-state index contributed by atoms with van der Waals surface area (Å²) in [5, 5.41) is 1.70. The SMILES string of the molecule is CCC[C@H]1N(C(=O)c2ncccc2C(F)(F)F)CCC[C@@]1(Oc1csc(C(F)(F)F)c1)C(=O)N1CCc2cc(Cl)ccc2C1CN1CCOCC1. The third-order valence-corrected chi connectivity index (χ3v) is 11.0. The van der Waals surface area contributed by atoms with E-state index in [1.54, 1.807) is 17.9 Å². The van der Waals surface area contributed by atoms with Crippen molar-refractivity contribution in [3.05, 3.63) is 80.3 Å². The van der Waals surface area contributed by atoms with Crippen LogP contribution in [0, 0.1) is 0 Å². The van der Waals surface area contributed by atoms with Crippen LogP contribution >= 0.6 is 22.9 Å². The molecule has 0 bridgehead atoms. The van der Waals surface area contributed by atoms with Crippen LogP contribution < -0.4 is 4.74 Å². The van der Waals surface area contributed by atoms with Crippen molar-refractivity contribution < 1.29 is 45.4 Å². The number of hydrogen-bond acceptors (Lipinski definition) is 7. The van der Waals surface area contributed by atoms with Crippen LogP contribution in [0.15, 0.2) is 48.0 Å². The lowest BCUT2D eigenvalue weighted by molar-refractivity contribution is -0.163. The number of rotatable bonds is 8. The van der Waals surface area contributed by atoms with E-state index in [9.17, 15) is 31.1 Å². The van der Waals surface area contributed by atoms with Gasteiger partial charge in [-0.15, -0.1) is 11.3 Å². The Morgan fingerprint density at radius 1 is 1.04 bits per heavy atom. The highest BCUT2D eigenvalue weighted by Gasteiger charge is 2.57. The minimum absolute atomic E-state index is 0.00820. The van der Waals surface area contributed by atoms with E-state index in [1.165, 1.54) is 10.3 Å². The van der Waals surface area contributed by atoms with Gasteiger partial charge in [0.15, 0.2) is 0 Å². The molecule has 276 valence electrons. The summed E-state index contributed by atoms with van der Waals surface area (Å²) >= 11 is 6.76. The van der Waals surface area contributed by atoms with Gasteiger partial charge < -0.3 is 19.3 Å². The van der Waals surface area contributed by atoms with E-state index in [0.29, 0.717) is 62.0 Å². The van der Waals surface area contributed by atoms with Gasteiger partial charge in [0.05, 0.1) is 30.9 Å². The van der Waals surface area contributed by atoms with Gasteiger partial charge in [0.2, 0.25) is 5.60 Å².